The van der Waals surface area contributed by atoms with Crippen molar-refractivity contribution in [3.05, 3.63) is 200 Å². The first-order valence-corrected chi connectivity index (χ1v) is 21.1. The molecule has 0 fully saturated rings. The summed E-state index contributed by atoms with van der Waals surface area (Å²) in [5, 5.41) is 11.6. The molecule has 0 aliphatic carbocycles. The highest BCUT2D eigenvalue weighted by Gasteiger charge is 2.21. The van der Waals surface area contributed by atoms with Crippen LogP contribution in [0.3, 0.4) is 0 Å². The highest BCUT2D eigenvalue weighted by atomic mass is 32.1. The maximum absolute atomic E-state index is 6.70. The van der Waals surface area contributed by atoms with Gasteiger partial charge in [0.25, 0.3) is 0 Å². The normalized spacial score (nSPS) is 12.0. The lowest BCUT2D eigenvalue weighted by molar-refractivity contribution is 0.672. The minimum absolute atomic E-state index is 0.861. The lowest BCUT2D eigenvalue weighted by Crippen LogP contribution is -2.10. The van der Waals surface area contributed by atoms with Crippen molar-refractivity contribution in [2.75, 3.05) is 4.90 Å². The van der Waals surface area contributed by atoms with Crippen molar-refractivity contribution in [2.24, 2.45) is 0 Å². The van der Waals surface area contributed by atoms with Gasteiger partial charge in [-0.05, 0) is 106 Å². The summed E-state index contributed by atoms with van der Waals surface area (Å²) in [6, 6.07) is 72.0. The van der Waals surface area contributed by atoms with Crippen LogP contribution in [-0.4, -0.2) is 0 Å². The molecule has 3 heterocycles. The molecule has 0 amide bonds. The van der Waals surface area contributed by atoms with E-state index in [1.807, 2.05) is 11.3 Å². The summed E-state index contributed by atoms with van der Waals surface area (Å²) in [4.78, 5) is 2.37. The minimum atomic E-state index is 0.861. The van der Waals surface area contributed by atoms with Crippen LogP contribution in [0.5, 0.6) is 0 Å². The molecule has 0 unspecified atom stereocenters. The third kappa shape index (κ3) is 5.01. The van der Waals surface area contributed by atoms with Gasteiger partial charge in [0, 0.05) is 58.5 Å². The van der Waals surface area contributed by atoms with Gasteiger partial charge in [0.1, 0.15) is 22.3 Å². The van der Waals surface area contributed by atoms with Crippen molar-refractivity contribution >= 4 is 114 Å². The number of benzene rings is 10. The average Bonchev–Trinajstić information content (AvgIpc) is 4.01. The first-order valence-electron chi connectivity index (χ1n) is 20.3. The largest absolute Gasteiger partial charge is 0.455 e. The number of fused-ring (bicyclic) bond motifs is 13. The van der Waals surface area contributed by atoms with Crippen molar-refractivity contribution in [3.63, 3.8) is 0 Å². The third-order valence-corrected chi connectivity index (χ3v) is 13.4. The number of thiophene rings is 1. The van der Waals surface area contributed by atoms with E-state index in [2.05, 4.69) is 205 Å². The second-order valence-corrected chi connectivity index (χ2v) is 16.7. The number of nitrogens with zero attached hydrogens (tertiary/aromatic N) is 1. The van der Waals surface area contributed by atoms with Gasteiger partial charge >= 0.3 is 0 Å². The highest BCUT2D eigenvalue weighted by molar-refractivity contribution is 7.25. The Kier molecular flexibility index (Phi) is 7.18. The van der Waals surface area contributed by atoms with E-state index in [0.29, 0.717) is 0 Å². The molecule has 0 aliphatic heterocycles. The molecule has 4 heteroatoms. The fourth-order valence-electron chi connectivity index (χ4n) is 9.44. The van der Waals surface area contributed by atoms with Crippen molar-refractivity contribution in [1.29, 1.82) is 0 Å². The molecule has 0 aliphatic rings. The molecule has 0 atom stereocenters. The third-order valence-electron chi connectivity index (χ3n) is 12.3. The topological polar surface area (TPSA) is 29.5 Å². The smallest absolute Gasteiger partial charge is 0.143 e. The van der Waals surface area contributed by atoms with Crippen LogP contribution in [0.4, 0.5) is 17.1 Å². The summed E-state index contributed by atoms with van der Waals surface area (Å²) >= 11 is 1.85. The van der Waals surface area contributed by atoms with Gasteiger partial charge in [-0.1, -0.05) is 127 Å². The Labute approximate surface area is 348 Å². The Morgan fingerprint density at radius 2 is 0.900 bits per heavy atom. The van der Waals surface area contributed by atoms with Gasteiger partial charge in [0.15, 0.2) is 0 Å². The van der Waals surface area contributed by atoms with Crippen molar-refractivity contribution in [2.45, 2.75) is 0 Å². The van der Waals surface area contributed by atoms with Crippen LogP contribution < -0.4 is 4.90 Å². The van der Waals surface area contributed by atoms with Gasteiger partial charge in [0.2, 0.25) is 0 Å². The van der Waals surface area contributed by atoms with Crippen LogP contribution in [-0.2, 0) is 0 Å². The maximum Gasteiger partial charge on any atom is 0.143 e. The second-order valence-electron chi connectivity index (χ2n) is 15.6. The van der Waals surface area contributed by atoms with Crippen LogP contribution in [0.25, 0.3) is 108 Å². The standard InChI is InChI=1S/C56H33NO2S/c1-3-11-42-35(9-1)23-30-45-53-41(14-7-16-49(53)58-55(42)45)37-21-28-40(29-22-37)57(48-15-8-17-50-54(48)46-31-24-36-10-2-4-12-43(36)56(46)59-50)39-26-19-34(20-27-39)38-25-32-52-47(33-38)44-13-5-6-18-51(44)60-52/h1-33H. The predicted octanol–water partition coefficient (Wildman–Crippen LogP) is 17.0. The zero-order valence-corrected chi connectivity index (χ0v) is 33.0. The molecule has 3 nitrogen and oxygen atoms in total. The Hall–Kier alpha value is -7.66. The van der Waals surface area contributed by atoms with Gasteiger partial charge in [-0.15, -0.1) is 11.3 Å². The second kappa shape index (κ2) is 12.9. The Morgan fingerprint density at radius 3 is 1.60 bits per heavy atom. The van der Waals surface area contributed by atoms with Crippen molar-refractivity contribution < 1.29 is 8.83 Å². The van der Waals surface area contributed by atoms with E-state index in [-0.39, 0.29) is 0 Å². The fraction of sp³-hybridized carbons (Fsp3) is 0. The van der Waals surface area contributed by atoms with Crippen LogP contribution >= 0.6 is 11.3 Å². The monoisotopic (exact) mass is 783 g/mol. The Balaban J connectivity index is 0.971. The van der Waals surface area contributed by atoms with Crippen LogP contribution in [0, 0.1) is 0 Å². The summed E-state index contributed by atoms with van der Waals surface area (Å²) in [5.74, 6) is 0. The van der Waals surface area contributed by atoms with Gasteiger partial charge in [0.05, 0.1) is 11.1 Å². The molecule has 13 rings (SSSR count). The SMILES string of the molecule is c1ccc2c(c1)ccc1c2oc2cccc(-c3ccc(N(c4ccc(-c5ccc6sc7ccccc7c6c5)cc4)c4cccc5oc6c7ccccc7ccc6c45)cc3)c21. The van der Waals surface area contributed by atoms with Crippen molar-refractivity contribution in [3.8, 4) is 22.3 Å². The number of furan rings is 2. The Bertz CT molecular complexity index is 3830. The lowest BCUT2D eigenvalue weighted by Gasteiger charge is -2.26. The highest BCUT2D eigenvalue weighted by Crippen LogP contribution is 2.46. The van der Waals surface area contributed by atoms with E-state index in [9.17, 15) is 0 Å². The summed E-state index contributed by atoms with van der Waals surface area (Å²) in [5.41, 5.74) is 11.4. The molecule has 60 heavy (non-hydrogen) atoms. The molecular weight excluding hydrogens is 751 g/mol. The molecule has 280 valence electrons. The van der Waals surface area contributed by atoms with E-state index in [1.54, 1.807) is 0 Å². The first-order chi connectivity index (χ1) is 29.7. The van der Waals surface area contributed by atoms with Crippen molar-refractivity contribution in [1.82, 2.24) is 0 Å². The summed E-state index contributed by atoms with van der Waals surface area (Å²) in [7, 11) is 0. The van der Waals surface area contributed by atoms with Crippen LogP contribution in [0.1, 0.15) is 0 Å². The predicted molar refractivity (Wildman–Crippen MR) is 254 cm³/mol. The van der Waals surface area contributed by atoms with Crippen LogP contribution in [0.15, 0.2) is 209 Å². The molecule has 10 aromatic carbocycles. The zero-order chi connectivity index (χ0) is 39.3. The molecule has 3 aromatic heterocycles. The maximum atomic E-state index is 6.70. The van der Waals surface area contributed by atoms with E-state index in [0.717, 1.165) is 88.2 Å². The number of anilines is 3. The summed E-state index contributed by atoms with van der Waals surface area (Å²) in [6.07, 6.45) is 0. The number of hydrogen-bond donors (Lipinski definition) is 0. The van der Waals surface area contributed by atoms with Gasteiger partial charge in [-0.3, -0.25) is 0 Å². The lowest BCUT2D eigenvalue weighted by atomic mass is 9.97. The molecule has 0 saturated heterocycles. The molecule has 0 N–H and O–H groups in total. The molecule has 0 saturated carbocycles. The van der Waals surface area contributed by atoms with E-state index >= 15 is 0 Å². The first kappa shape index (κ1) is 33.3. The number of hydrogen-bond acceptors (Lipinski definition) is 4. The minimum Gasteiger partial charge on any atom is -0.455 e. The van der Waals surface area contributed by atoms with E-state index in [1.165, 1.54) is 36.7 Å². The van der Waals surface area contributed by atoms with Crippen LogP contribution in [0.2, 0.25) is 0 Å². The fourth-order valence-corrected chi connectivity index (χ4v) is 10.5. The van der Waals surface area contributed by atoms with Gasteiger partial charge < -0.3 is 13.7 Å². The average molecular weight is 784 g/mol. The van der Waals surface area contributed by atoms with E-state index < -0.39 is 0 Å². The number of rotatable bonds is 5. The van der Waals surface area contributed by atoms with Gasteiger partial charge in [-0.2, -0.15) is 0 Å². The Morgan fingerprint density at radius 1 is 0.350 bits per heavy atom. The molecule has 0 radical (unpaired) electrons. The quantitative estimate of drug-likeness (QED) is 0.174. The summed E-state index contributed by atoms with van der Waals surface area (Å²) < 4.78 is 15.9. The molecule has 0 spiro atoms. The van der Waals surface area contributed by atoms with Gasteiger partial charge in [-0.25, -0.2) is 0 Å². The summed E-state index contributed by atoms with van der Waals surface area (Å²) in [6.45, 7) is 0. The zero-order valence-electron chi connectivity index (χ0n) is 32.2. The molecule has 0 bridgehead atoms. The molecular formula is C56H33NO2S. The molecule has 13 aromatic rings. The van der Waals surface area contributed by atoms with E-state index in [4.69, 9.17) is 8.83 Å².